The molecule has 112 valence electrons. The minimum Gasteiger partial charge on any atom is -0.302 e. The van der Waals surface area contributed by atoms with Crippen molar-refractivity contribution in [2.24, 2.45) is 5.92 Å². The van der Waals surface area contributed by atoms with Crippen molar-refractivity contribution in [2.45, 2.75) is 32.1 Å². The van der Waals surface area contributed by atoms with E-state index in [2.05, 4.69) is 16.4 Å². The Kier molecular flexibility index (Phi) is 4.50. The Morgan fingerprint density at radius 3 is 2.64 bits per heavy atom. The zero-order valence-electron chi connectivity index (χ0n) is 12.2. The second kappa shape index (κ2) is 6.71. The summed E-state index contributed by atoms with van der Waals surface area (Å²) in [6, 6.07) is 9.39. The Labute approximate surface area is 133 Å². The zero-order chi connectivity index (χ0) is 15.4. The van der Waals surface area contributed by atoms with Crippen molar-refractivity contribution >= 4 is 22.4 Å². The highest BCUT2D eigenvalue weighted by Gasteiger charge is 2.21. The first-order valence-corrected chi connectivity index (χ1v) is 8.41. The number of nitrogens with one attached hydrogen (secondary N) is 1. The number of hydrogen-bond donors (Lipinski definition) is 1. The van der Waals surface area contributed by atoms with Gasteiger partial charge in [0, 0.05) is 16.9 Å². The highest BCUT2D eigenvalue weighted by molar-refractivity contribution is 7.14. The van der Waals surface area contributed by atoms with Gasteiger partial charge in [-0.15, -0.1) is 11.3 Å². The van der Waals surface area contributed by atoms with E-state index < -0.39 is 0 Å². The third-order valence-electron chi connectivity index (χ3n) is 4.02. The summed E-state index contributed by atoms with van der Waals surface area (Å²) in [5, 5.41) is 14.3. The van der Waals surface area contributed by atoms with Crippen LogP contribution in [-0.4, -0.2) is 10.9 Å². The lowest BCUT2D eigenvalue weighted by molar-refractivity contribution is -0.120. The Bertz CT molecular complexity index is 693. The molecule has 1 aliphatic carbocycles. The Morgan fingerprint density at radius 2 is 1.95 bits per heavy atom. The normalized spacial score (nSPS) is 15.2. The molecule has 0 aliphatic heterocycles. The van der Waals surface area contributed by atoms with Crippen molar-refractivity contribution in [1.82, 2.24) is 4.98 Å². The molecule has 1 aromatic carbocycles. The minimum absolute atomic E-state index is 0.0976. The summed E-state index contributed by atoms with van der Waals surface area (Å²) in [6.07, 6.45) is 5.50. The third-order valence-corrected chi connectivity index (χ3v) is 4.78. The molecule has 4 nitrogen and oxygen atoms in total. The fraction of sp³-hybridized carbons (Fsp3) is 0.353. The SMILES string of the molecule is N#Cc1ccc(-c2csc(NC(=O)C3CCCCC3)n2)cc1. The summed E-state index contributed by atoms with van der Waals surface area (Å²) in [5.74, 6) is 0.233. The van der Waals surface area contributed by atoms with E-state index in [-0.39, 0.29) is 11.8 Å². The van der Waals surface area contributed by atoms with Crippen LogP contribution in [0.1, 0.15) is 37.7 Å². The minimum atomic E-state index is 0.0976. The van der Waals surface area contributed by atoms with Crippen molar-refractivity contribution in [3.8, 4) is 17.3 Å². The first-order valence-electron chi connectivity index (χ1n) is 7.53. The Balaban J connectivity index is 1.67. The van der Waals surface area contributed by atoms with E-state index in [9.17, 15) is 4.79 Å². The molecule has 22 heavy (non-hydrogen) atoms. The number of amides is 1. The standard InChI is InChI=1S/C17H17N3OS/c18-10-12-6-8-13(9-7-12)15-11-22-17(19-15)20-16(21)14-4-2-1-3-5-14/h6-9,11,14H,1-5H2,(H,19,20,21). The molecule has 3 rings (SSSR count). The Hall–Kier alpha value is -2.19. The Morgan fingerprint density at radius 1 is 1.23 bits per heavy atom. The van der Waals surface area contributed by atoms with Crippen molar-refractivity contribution in [2.75, 3.05) is 5.32 Å². The second-order valence-electron chi connectivity index (χ2n) is 5.55. The van der Waals surface area contributed by atoms with Crippen molar-refractivity contribution in [3.63, 3.8) is 0 Å². The number of rotatable bonds is 3. The maximum Gasteiger partial charge on any atom is 0.229 e. The van der Waals surface area contributed by atoms with Crippen LogP contribution in [0, 0.1) is 17.2 Å². The molecule has 0 atom stereocenters. The largest absolute Gasteiger partial charge is 0.302 e. The maximum absolute atomic E-state index is 12.2. The van der Waals surface area contributed by atoms with Crippen LogP contribution in [0.25, 0.3) is 11.3 Å². The summed E-state index contributed by atoms with van der Waals surface area (Å²) < 4.78 is 0. The van der Waals surface area contributed by atoms with Gasteiger partial charge in [-0.3, -0.25) is 4.79 Å². The van der Waals surface area contributed by atoms with Crippen LogP contribution in [0.5, 0.6) is 0 Å². The lowest BCUT2D eigenvalue weighted by Gasteiger charge is -2.19. The van der Waals surface area contributed by atoms with Crippen molar-refractivity contribution in [3.05, 3.63) is 35.2 Å². The molecule has 1 aliphatic rings. The van der Waals surface area contributed by atoms with Gasteiger partial charge in [-0.25, -0.2) is 4.98 Å². The summed E-state index contributed by atoms with van der Waals surface area (Å²) >= 11 is 1.44. The smallest absolute Gasteiger partial charge is 0.229 e. The van der Waals surface area contributed by atoms with Gasteiger partial charge in [0.1, 0.15) is 0 Å². The fourth-order valence-corrected chi connectivity index (χ4v) is 3.47. The van der Waals surface area contributed by atoms with Gasteiger partial charge in [-0.1, -0.05) is 31.4 Å². The number of anilines is 1. The summed E-state index contributed by atoms with van der Waals surface area (Å²) in [4.78, 5) is 16.7. The molecule has 1 fully saturated rings. The molecule has 0 unspecified atom stereocenters. The molecule has 0 bridgehead atoms. The predicted octanol–water partition coefficient (Wildman–Crippen LogP) is 4.20. The van der Waals surface area contributed by atoms with Gasteiger partial charge >= 0.3 is 0 Å². The average molecular weight is 311 g/mol. The van der Waals surface area contributed by atoms with Crippen LogP contribution in [0.15, 0.2) is 29.6 Å². The number of hydrogen-bond acceptors (Lipinski definition) is 4. The molecular weight excluding hydrogens is 294 g/mol. The fourth-order valence-electron chi connectivity index (χ4n) is 2.75. The van der Waals surface area contributed by atoms with Gasteiger partial charge in [-0.2, -0.15) is 5.26 Å². The highest BCUT2D eigenvalue weighted by atomic mass is 32.1. The summed E-state index contributed by atoms with van der Waals surface area (Å²) in [7, 11) is 0. The summed E-state index contributed by atoms with van der Waals surface area (Å²) in [5.41, 5.74) is 2.41. The van der Waals surface area contributed by atoms with Gasteiger partial charge < -0.3 is 5.32 Å². The van der Waals surface area contributed by atoms with Crippen LogP contribution in [0.4, 0.5) is 5.13 Å². The molecular formula is C17H17N3OS. The van der Waals surface area contributed by atoms with Gasteiger partial charge in [0.15, 0.2) is 5.13 Å². The molecule has 1 aromatic heterocycles. The van der Waals surface area contributed by atoms with E-state index in [1.54, 1.807) is 12.1 Å². The van der Waals surface area contributed by atoms with Crippen LogP contribution in [0.3, 0.4) is 0 Å². The summed E-state index contributed by atoms with van der Waals surface area (Å²) in [6.45, 7) is 0. The number of nitriles is 1. The van der Waals surface area contributed by atoms with Crippen LogP contribution in [-0.2, 0) is 4.79 Å². The lowest BCUT2D eigenvalue weighted by atomic mass is 9.89. The first-order chi connectivity index (χ1) is 10.8. The van der Waals surface area contributed by atoms with Crippen LogP contribution < -0.4 is 5.32 Å². The molecule has 0 spiro atoms. The molecule has 0 radical (unpaired) electrons. The van der Waals surface area contributed by atoms with E-state index in [0.29, 0.717) is 10.7 Å². The molecule has 0 saturated heterocycles. The van der Waals surface area contributed by atoms with Gasteiger partial charge in [0.2, 0.25) is 5.91 Å². The van der Waals surface area contributed by atoms with Crippen LogP contribution >= 0.6 is 11.3 Å². The maximum atomic E-state index is 12.2. The van der Waals surface area contributed by atoms with Crippen molar-refractivity contribution < 1.29 is 4.79 Å². The average Bonchev–Trinajstić information content (AvgIpc) is 3.04. The van der Waals surface area contributed by atoms with E-state index >= 15 is 0 Å². The molecule has 1 saturated carbocycles. The number of nitrogens with zero attached hydrogens (tertiary/aromatic N) is 2. The topological polar surface area (TPSA) is 65.8 Å². The van der Waals surface area contributed by atoms with Crippen molar-refractivity contribution in [1.29, 1.82) is 5.26 Å². The number of thiazole rings is 1. The number of carbonyl (C=O) groups is 1. The van der Waals surface area contributed by atoms with Crippen LogP contribution in [0.2, 0.25) is 0 Å². The van der Waals surface area contributed by atoms with E-state index in [0.717, 1.165) is 36.9 Å². The first kappa shape index (κ1) is 14.7. The molecule has 1 heterocycles. The molecule has 1 amide bonds. The highest BCUT2D eigenvalue weighted by Crippen LogP contribution is 2.28. The molecule has 5 heteroatoms. The quantitative estimate of drug-likeness (QED) is 0.923. The van der Waals surface area contributed by atoms with Gasteiger partial charge in [-0.05, 0) is 25.0 Å². The number of benzene rings is 1. The van der Waals surface area contributed by atoms with E-state index in [1.807, 2.05) is 17.5 Å². The van der Waals surface area contributed by atoms with Gasteiger partial charge in [0.05, 0.1) is 17.3 Å². The predicted molar refractivity (Wildman–Crippen MR) is 87.5 cm³/mol. The van der Waals surface area contributed by atoms with E-state index in [1.165, 1.54) is 17.8 Å². The third kappa shape index (κ3) is 3.34. The second-order valence-corrected chi connectivity index (χ2v) is 6.41. The number of carbonyl (C=O) groups excluding carboxylic acids is 1. The van der Waals surface area contributed by atoms with Gasteiger partial charge in [0.25, 0.3) is 0 Å². The zero-order valence-corrected chi connectivity index (χ0v) is 13.0. The monoisotopic (exact) mass is 311 g/mol. The molecule has 2 aromatic rings. The van der Waals surface area contributed by atoms with E-state index in [4.69, 9.17) is 5.26 Å². The number of aromatic nitrogens is 1. The lowest BCUT2D eigenvalue weighted by Crippen LogP contribution is -2.24. The molecule has 1 N–H and O–H groups in total.